The van der Waals surface area contributed by atoms with Crippen LogP contribution in [0, 0.1) is 5.92 Å². The zero-order valence-corrected chi connectivity index (χ0v) is 13.5. The van der Waals surface area contributed by atoms with Gasteiger partial charge in [0.2, 0.25) is 0 Å². The topological polar surface area (TPSA) is 9.23 Å². The summed E-state index contributed by atoms with van der Waals surface area (Å²) >= 11 is 0. The first-order valence-electron chi connectivity index (χ1n) is 8.61. The summed E-state index contributed by atoms with van der Waals surface area (Å²) in [6.45, 7) is 7.59. The van der Waals surface area contributed by atoms with Gasteiger partial charge in [0.05, 0.1) is 6.61 Å². The summed E-state index contributed by atoms with van der Waals surface area (Å²) in [5.41, 5.74) is 2.82. The maximum atomic E-state index is 5.60. The molecule has 0 heterocycles. The first kappa shape index (κ1) is 16.3. The van der Waals surface area contributed by atoms with Crippen molar-refractivity contribution < 1.29 is 4.74 Å². The SMILES string of the molecule is C=CCC[C@H]1CC[C@H](c2ccc(COCCC)cc2)CC1. The summed E-state index contributed by atoms with van der Waals surface area (Å²) in [6, 6.07) is 9.13. The molecule has 1 saturated carbocycles. The number of rotatable bonds is 8. The predicted octanol–water partition coefficient (Wildman–Crippen LogP) is 5.85. The Balaban J connectivity index is 1.79. The Bertz CT molecular complexity index is 398. The van der Waals surface area contributed by atoms with Crippen LogP contribution in [0.4, 0.5) is 0 Å². The van der Waals surface area contributed by atoms with Gasteiger partial charge < -0.3 is 4.74 Å². The van der Waals surface area contributed by atoms with Gasteiger partial charge in [0.25, 0.3) is 0 Å². The fourth-order valence-corrected chi connectivity index (χ4v) is 3.36. The Morgan fingerprint density at radius 3 is 2.48 bits per heavy atom. The van der Waals surface area contributed by atoms with E-state index in [2.05, 4.69) is 43.8 Å². The van der Waals surface area contributed by atoms with E-state index in [4.69, 9.17) is 4.74 Å². The number of allylic oxidation sites excluding steroid dienone is 1. The molecule has 0 unspecified atom stereocenters. The molecule has 0 saturated heterocycles. The average Bonchev–Trinajstić information content (AvgIpc) is 2.54. The zero-order chi connectivity index (χ0) is 14.9. The molecular formula is C20H30O. The minimum absolute atomic E-state index is 0.752. The van der Waals surface area contributed by atoms with Crippen molar-refractivity contribution in [3.63, 3.8) is 0 Å². The quantitative estimate of drug-likeness (QED) is 0.430. The summed E-state index contributed by atoms with van der Waals surface area (Å²) in [5.74, 6) is 1.71. The van der Waals surface area contributed by atoms with Crippen LogP contribution in [0.25, 0.3) is 0 Å². The lowest BCUT2D eigenvalue weighted by Gasteiger charge is -2.28. The minimum atomic E-state index is 0.752. The summed E-state index contributed by atoms with van der Waals surface area (Å²) in [6.07, 6.45) is 11.2. The number of ether oxygens (including phenoxy) is 1. The molecule has 1 fully saturated rings. The van der Waals surface area contributed by atoms with Crippen LogP contribution in [-0.2, 0) is 11.3 Å². The fraction of sp³-hybridized carbons (Fsp3) is 0.600. The third-order valence-electron chi connectivity index (χ3n) is 4.69. The van der Waals surface area contributed by atoms with Crippen LogP contribution in [0.2, 0.25) is 0 Å². The zero-order valence-electron chi connectivity index (χ0n) is 13.5. The van der Waals surface area contributed by atoms with Crippen molar-refractivity contribution in [3.8, 4) is 0 Å². The van der Waals surface area contributed by atoms with Gasteiger partial charge in [-0.05, 0) is 67.9 Å². The predicted molar refractivity (Wildman–Crippen MR) is 90.5 cm³/mol. The summed E-state index contributed by atoms with van der Waals surface area (Å²) in [5, 5.41) is 0. The molecule has 0 aliphatic heterocycles. The van der Waals surface area contributed by atoms with Crippen LogP contribution < -0.4 is 0 Å². The Morgan fingerprint density at radius 1 is 1.14 bits per heavy atom. The molecule has 0 atom stereocenters. The van der Waals surface area contributed by atoms with Crippen molar-refractivity contribution in [1.82, 2.24) is 0 Å². The molecule has 1 aliphatic carbocycles. The van der Waals surface area contributed by atoms with Gasteiger partial charge in [0.15, 0.2) is 0 Å². The van der Waals surface area contributed by atoms with E-state index in [1.165, 1.54) is 49.7 Å². The highest BCUT2D eigenvalue weighted by Gasteiger charge is 2.21. The van der Waals surface area contributed by atoms with Gasteiger partial charge in [0.1, 0.15) is 0 Å². The van der Waals surface area contributed by atoms with E-state index in [1.807, 2.05) is 0 Å². The monoisotopic (exact) mass is 286 g/mol. The van der Waals surface area contributed by atoms with Gasteiger partial charge in [-0.2, -0.15) is 0 Å². The maximum absolute atomic E-state index is 5.60. The third kappa shape index (κ3) is 5.32. The lowest BCUT2D eigenvalue weighted by atomic mass is 9.77. The lowest BCUT2D eigenvalue weighted by Crippen LogP contribution is -2.13. The van der Waals surface area contributed by atoms with E-state index in [1.54, 1.807) is 0 Å². The second kappa shape index (κ2) is 9.04. The van der Waals surface area contributed by atoms with E-state index < -0.39 is 0 Å². The standard InChI is InChI=1S/C20H30O/c1-3-5-6-17-7-11-19(12-8-17)20-13-9-18(10-14-20)16-21-15-4-2/h3,9-10,13-14,17,19H,1,4-8,11-12,15-16H2,2H3/t17-,19-. The maximum Gasteiger partial charge on any atom is 0.0716 e. The van der Waals surface area contributed by atoms with Gasteiger partial charge in [-0.25, -0.2) is 0 Å². The molecule has 1 aromatic rings. The van der Waals surface area contributed by atoms with E-state index in [9.17, 15) is 0 Å². The van der Waals surface area contributed by atoms with E-state index in [-0.39, 0.29) is 0 Å². The molecule has 0 aromatic heterocycles. The Morgan fingerprint density at radius 2 is 1.86 bits per heavy atom. The van der Waals surface area contributed by atoms with E-state index >= 15 is 0 Å². The molecule has 1 heteroatoms. The molecule has 0 N–H and O–H groups in total. The van der Waals surface area contributed by atoms with E-state index in [0.29, 0.717) is 0 Å². The minimum Gasteiger partial charge on any atom is -0.377 e. The van der Waals surface area contributed by atoms with Crippen molar-refractivity contribution in [2.24, 2.45) is 5.92 Å². The van der Waals surface area contributed by atoms with E-state index in [0.717, 1.165) is 31.5 Å². The van der Waals surface area contributed by atoms with Crippen molar-refractivity contribution >= 4 is 0 Å². The van der Waals surface area contributed by atoms with Gasteiger partial charge in [0, 0.05) is 6.61 Å². The molecule has 0 bridgehead atoms. The second-order valence-corrected chi connectivity index (χ2v) is 6.38. The summed E-state index contributed by atoms with van der Waals surface area (Å²) in [4.78, 5) is 0. The lowest BCUT2D eigenvalue weighted by molar-refractivity contribution is 0.121. The van der Waals surface area contributed by atoms with Crippen LogP contribution >= 0.6 is 0 Å². The molecule has 1 aliphatic rings. The Labute approximate surface area is 130 Å². The molecule has 116 valence electrons. The van der Waals surface area contributed by atoms with Gasteiger partial charge in [-0.15, -0.1) is 6.58 Å². The number of hydrogen-bond donors (Lipinski definition) is 0. The highest BCUT2D eigenvalue weighted by Crippen LogP contribution is 2.37. The molecule has 1 nitrogen and oxygen atoms in total. The van der Waals surface area contributed by atoms with Gasteiger partial charge in [-0.3, -0.25) is 0 Å². The van der Waals surface area contributed by atoms with Crippen LogP contribution in [0.3, 0.4) is 0 Å². The van der Waals surface area contributed by atoms with Gasteiger partial charge in [-0.1, -0.05) is 37.3 Å². The van der Waals surface area contributed by atoms with Crippen molar-refractivity contribution in [1.29, 1.82) is 0 Å². The first-order chi connectivity index (χ1) is 10.3. The smallest absolute Gasteiger partial charge is 0.0716 e. The Hall–Kier alpha value is -1.08. The fourth-order valence-electron chi connectivity index (χ4n) is 3.36. The van der Waals surface area contributed by atoms with Crippen molar-refractivity contribution in [3.05, 3.63) is 48.0 Å². The summed E-state index contributed by atoms with van der Waals surface area (Å²) in [7, 11) is 0. The van der Waals surface area contributed by atoms with Crippen molar-refractivity contribution in [2.45, 2.75) is 64.4 Å². The summed E-state index contributed by atoms with van der Waals surface area (Å²) < 4.78 is 5.60. The van der Waals surface area contributed by atoms with Crippen molar-refractivity contribution in [2.75, 3.05) is 6.61 Å². The highest BCUT2D eigenvalue weighted by atomic mass is 16.5. The molecule has 0 spiro atoms. The van der Waals surface area contributed by atoms with Crippen LogP contribution in [0.1, 0.15) is 68.9 Å². The average molecular weight is 286 g/mol. The van der Waals surface area contributed by atoms with Crippen LogP contribution in [0.15, 0.2) is 36.9 Å². The number of benzene rings is 1. The third-order valence-corrected chi connectivity index (χ3v) is 4.69. The highest BCUT2D eigenvalue weighted by molar-refractivity contribution is 5.25. The largest absolute Gasteiger partial charge is 0.377 e. The second-order valence-electron chi connectivity index (χ2n) is 6.38. The molecular weight excluding hydrogens is 256 g/mol. The first-order valence-corrected chi connectivity index (χ1v) is 8.61. The molecule has 21 heavy (non-hydrogen) atoms. The van der Waals surface area contributed by atoms with Crippen LogP contribution in [0.5, 0.6) is 0 Å². The Kier molecular flexibility index (Phi) is 7.02. The molecule has 0 radical (unpaired) electrons. The normalized spacial score (nSPS) is 22.1. The van der Waals surface area contributed by atoms with Gasteiger partial charge >= 0.3 is 0 Å². The molecule has 1 aromatic carbocycles. The molecule has 0 amide bonds. The molecule has 2 rings (SSSR count). The van der Waals surface area contributed by atoms with Crippen LogP contribution in [-0.4, -0.2) is 6.61 Å². The number of hydrogen-bond acceptors (Lipinski definition) is 1.